The van der Waals surface area contributed by atoms with Crippen LogP contribution in [0.3, 0.4) is 0 Å². The van der Waals surface area contributed by atoms with Crippen molar-refractivity contribution in [2.75, 3.05) is 13.2 Å². The third-order valence-electron chi connectivity index (χ3n) is 9.02. The summed E-state index contributed by atoms with van der Waals surface area (Å²) in [5, 5.41) is 54.8. The molecule has 286 valence electrons. The van der Waals surface area contributed by atoms with Crippen molar-refractivity contribution < 1.29 is 57.0 Å². The highest BCUT2D eigenvalue weighted by Gasteiger charge is 2.48. The molecule has 1 aliphatic heterocycles. The van der Waals surface area contributed by atoms with Gasteiger partial charge in [-0.25, -0.2) is 4.18 Å². The lowest BCUT2D eigenvalue weighted by atomic mass is 9.99. The van der Waals surface area contributed by atoms with Crippen molar-refractivity contribution in [1.82, 2.24) is 5.32 Å². The Balaban J connectivity index is 2.72. The van der Waals surface area contributed by atoms with Gasteiger partial charge in [-0.1, -0.05) is 136 Å². The second-order valence-electron chi connectivity index (χ2n) is 13.3. The summed E-state index contributed by atoms with van der Waals surface area (Å²) in [6.07, 6.45) is 10.5. The van der Waals surface area contributed by atoms with Crippen molar-refractivity contribution >= 4 is 16.3 Å². The van der Waals surface area contributed by atoms with Crippen LogP contribution in [0.1, 0.15) is 149 Å². The van der Waals surface area contributed by atoms with Gasteiger partial charge in [0.05, 0.1) is 25.4 Å². The first-order valence-electron chi connectivity index (χ1n) is 18.5. The third kappa shape index (κ3) is 20.0. The molecule has 14 heteroatoms. The highest BCUT2D eigenvalue weighted by Crippen LogP contribution is 2.26. The second-order valence-corrected chi connectivity index (χ2v) is 14.4. The average molecular weight is 714 g/mol. The molecular formula is C34H67NO12S. The molecule has 8 atom stereocenters. The predicted octanol–water partition coefficient (Wildman–Crippen LogP) is 4.07. The van der Waals surface area contributed by atoms with E-state index in [2.05, 4.69) is 23.3 Å². The summed E-state index contributed by atoms with van der Waals surface area (Å²) in [4.78, 5) is 12.9. The van der Waals surface area contributed by atoms with E-state index in [0.717, 1.165) is 38.5 Å². The molecule has 1 aliphatic rings. The highest BCUT2D eigenvalue weighted by atomic mass is 32.3. The van der Waals surface area contributed by atoms with Gasteiger partial charge in [-0.05, 0) is 12.8 Å². The van der Waals surface area contributed by atoms with Gasteiger partial charge in [0.25, 0.3) is 0 Å². The van der Waals surface area contributed by atoms with Gasteiger partial charge in [-0.2, -0.15) is 8.42 Å². The summed E-state index contributed by atoms with van der Waals surface area (Å²) in [5.41, 5.74) is 0. The molecule has 0 aromatic carbocycles. The smallest absolute Gasteiger partial charge is 0.394 e. The molecule has 0 spiro atoms. The Labute approximate surface area is 289 Å². The van der Waals surface area contributed by atoms with E-state index in [4.69, 9.17) is 14.0 Å². The number of carbonyl (C=O) groups is 1. The molecule has 0 aromatic rings. The van der Waals surface area contributed by atoms with Crippen LogP contribution >= 0.6 is 0 Å². The maximum atomic E-state index is 12.9. The molecule has 0 saturated carbocycles. The van der Waals surface area contributed by atoms with Crippen LogP contribution in [0.15, 0.2) is 0 Å². The topological polar surface area (TPSA) is 212 Å². The minimum absolute atomic E-state index is 0.262. The predicted molar refractivity (Wildman–Crippen MR) is 182 cm³/mol. The third-order valence-corrected chi connectivity index (χ3v) is 9.49. The van der Waals surface area contributed by atoms with E-state index < -0.39 is 78.5 Å². The van der Waals surface area contributed by atoms with E-state index in [-0.39, 0.29) is 6.42 Å². The normalized spacial score (nSPS) is 23.5. The Kier molecular flexibility index (Phi) is 25.2. The van der Waals surface area contributed by atoms with Crippen molar-refractivity contribution in [1.29, 1.82) is 0 Å². The molecule has 7 N–H and O–H groups in total. The lowest BCUT2D eigenvalue weighted by Crippen LogP contribution is -2.61. The summed E-state index contributed by atoms with van der Waals surface area (Å²) in [6, 6.07) is -1.02. The number of hydrogen-bond acceptors (Lipinski definition) is 11. The maximum absolute atomic E-state index is 12.9. The van der Waals surface area contributed by atoms with Crippen LogP contribution in [-0.2, 0) is 28.9 Å². The molecule has 1 fully saturated rings. The SMILES string of the molecule is CCCCCCCCCCCCCC(O)C(COC1OC(CO)C(O)C(OS(=O)(=O)O)C1O)NC(=O)C(O)CCCCCCCCCC. The lowest BCUT2D eigenvalue weighted by Gasteiger charge is -2.41. The first kappa shape index (κ1) is 45.1. The molecular weight excluding hydrogens is 646 g/mol. The minimum Gasteiger partial charge on any atom is -0.394 e. The Morgan fingerprint density at radius 3 is 1.67 bits per heavy atom. The van der Waals surface area contributed by atoms with Gasteiger partial charge in [0.15, 0.2) is 6.29 Å². The van der Waals surface area contributed by atoms with E-state index in [1.807, 2.05) is 0 Å². The molecule has 0 aromatic heterocycles. The van der Waals surface area contributed by atoms with Crippen LogP contribution < -0.4 is 5.32 Å². The number of nitrogens with one attached hydrogen (secondary N) is 1. The second kappa shape index (κ2) is 26.8. The van der Waals surface area contributed by atoms with Crippen LogP contribution in [0.2, 0.25) is 0 Å². The molecule has 1 amide bonds. The van der Waals surface area contributed by atoms with E-state index in [1.165, 1.54) is 70.6 Å². The number of unbranched alkanes of at least 4 members (excludes halogenated alkanes) is 17. The van der Waals surface area contributed by atoms with Gasteiger partial charge < -0.3 is 40.3 Å². The van der Waals surface area contributed by atoms with Crippen LogP contribution in [0.4, 0.5) is 0 Å². The Morgan fingerprint density at radius 2 is 1.21 bits per heavy atom. The zero-order valence-electron chi connectivity index (χ0n) is 29.4. The summed E-state index contributed by atoms with van der Waals surface area (Å²) < 4.78 is 47.2. The lowest BCUT2D eigenvalue weighted by molar-refractivity contribution is -0.298. The summed E-state index contributed by atoms with van der Waals surface area (Å²) in [6.45, 7) is 3.18. The summed E-state index contributed by atoms with van der Waals surface area (Å²) in [7, 11) is -5.10. The fourth-order valence-electron chi connectivity index (χ4n) is 5.99. The van der Waals surface area contributed by atoms with Gasteiger partial charge in [-0.3, -0.25) is 9.35 Å². The Hall–Kier alpha value is -0.940. The van der Waals surface area contributed by atoms with E-state index in [0.29, 0.717) is 19.3 Å². The molecule has 48 heavy (non-hydrogen) atoms. The molecule has 0 bridgehead atoms. The molecule has 1 heterocycles. The number of amides is 1. The minimum atomic E-state index is -5.10. The van der Waals surface area contributed by atoms with Crippen molar-refractivity contribution in [2.24, 2.45) is 0 Å². The molecule has 1 saturated heterocycles. The highest BCUT2D eigenvalue weighted by molar-refractivity contribution is 7.80. The van der Waals surface area contributed by atoms with Crippen molar-refractivity contribution in [3.63, 3.8) is 0 Å². The fraction of sp³-hybridized carbons (Fsp3) is 0.971. The number of hydrogen-bond donors (Lipinski definition) is 7. The molecule has 1 rings (SSSR count). The van der Waals surface area contributed by atoms with E-state index >= 15 is 0 Å². The molecule has 0 radical (unpaired) electrons. The van der Waals surface area contributed by atoms with Crippen LogP contribution in [-0.4, -0.2) is 107 Å². The van der Waals surface area contributed by atoms with Gasteiger partial charge in [0, 0.05) is 0 Å². The fourth-order valence-corrected chi connectivity index (χ4v) is 6.50. The average Bonchev–Trinajstić information content (AvgIpc) is 3.05. The van der Waals surface area contributed by atoms with Crippen LogP contribution in [0.25, 0.3) is 0 Å². The largest absolute Gasteiger partial charge is 0.397 e. The number of aliphatic hydroxyl groups excluding tert-OH is 5. The Morgan fingerprint density at radius 1 is 0.750 bits per heavy atom. The van der Waals surface area contributed by atoms with E-state index in [1.54, 1.807) is 0 Å². The zero-order chi connectivity index (χ0) is 35.8. The van der Waals surface area contributed by atoms with Crippen LogP contribution in [0.5, 0.6) is 0 Å². The summed E-state index contributed by atoms with van der Waals surface area (Å²) in [5.74, 6) is -0.675. The number of rotatable bonds is 30. The van der Waals surface area contributed by atoms with Gasteiger partial charge in [-0.15, -0.1) is 0 Å². The number of aliphatic hydroxyl groups is 5. The number of ether oxygens (including phenoxy) is 2. The maximum Gasteiger partial charge on any atom is 0.397 e. The van der Waals surface area contributed by atoms with E-state index in [9.17, 15) is 38.7 Å². The van der Waals surface area contributed by atoms with Crippen molar-refractivity contribution in [3.8, 4) is 0 Å². The quantitative estimate of drug-likeness (QED) is 0.0415. The van der Waals surface area contributed by atoms with Crippen molar-refractivity contribution in [2.45, 2.75) is 198 Å². The zero-order valence-corrected chi connectivity index (χ0v) is 30.2. The molecule has 0 aliphatic carbocycles. The standard InChI is InChI=1S/C34H67NO12S/c1-3-5-7-9-11-13-14-15-17-18-20-22-27(37)26(35-33(41)28(38)23-21-19-16-12-10-8-6-4-2)25-45-34-31(40)32(47-48(42,43)44)30(39)29(24-36)46-34/h26-32,34,36-40H,3-25H2,1-2H3,(H,35,41)(H,42,43,44). The van der Waals surface area contributed by atoms with Gasteiger partial charge >= 0.3 is 10.4 Å². The van der Waals surface area contributed by atoms with Gasteiger partial charge in [0.1, 0.15) is 30.5 Å². The monoisotopic (exact) mass is 713 g/mol. The molecule has 13 nitrogen and oxygen atoms in total. The van der Waals surface area contributed by atoms with Crippen LogP contribution in [0, 0.1) is 0 Å². The molecule has 8 unspecified atom stereocenters. The summed E-state index contributed by atoms with van der Waals surface area (Å²) >= 11 is 0. The first-order chi connectivity index (χ1) is 22.9. The number of carbonyl (C=O) groups excluding carboxylic acids is 1. The Bertz CT molecular complexity index is 911. The first-order valence-corrected chi connectivity index (χ1v) is 19.9. The van der Waals surface area contributed by atoms with Gasteiger partial charge in [0.2, 0.25) is 5.91 Å². The van der Waals surface area contributed by atoms with Crippen molar-refractivity contribution in [3.05, 3.63) is 0 Å².